The molecule has 0 aromatic heterocycles. The number of carbonyl (C=O) groups is 2. The number of hydrogen-bond donors (Lipinski definition) is 2. The maximum absolute atomic E-state index is 13.1. The number of likely N-dealkylation sites (N-methyl/N-ethyl adjacent to an activating group) is 1. The van der Waals surface area contributed by atoms with Crippen molar-refractivity contribution in [2.24, 2.45) is 0 Å². The molecule has 0 saturated carbocycles. The largest absolute Gasteiger partial charge is 0.369 e. The molecule has 2 amide bonds. The van der Waals surface area contributed by atoms with E-state index in [0.29, 0.717) is 11.4 Å². The molecule has 7 heteroatoms. The van der Waals surface area contributed by atoms with Crippen LogP contribution in [0.1, 0.15) is 6.42 Å². The van der Waals surface area contributed by atoms with E-state index in [1.807, 2.05) is 24.3 Å². The topological polar surface area (TPSA) is 64.7 Å². The Bertz CT molecular complexity index is 802. The van der Waals surface area contributed by atoms with E-state index in [1.165, 1.54) is 18.2 Å². The molecule has 0 bridgehead atoms. The van der Waals surface area contributed by atoms with Crippen molar-refractivity contribution in [2.75, 3.05) is 48.8 Å². The Hall–Kier alpha value is -2.93. The molecule has 6 nitrogen and oxygen atoms in total. The molecule has 2 aromatic carbocycles. The Morgan fingerprint density at radius 1 is 0.926 bits per heavy atom. The van der Waals surface area contributed by atoms with Gasteiger partial charge in [0.1, 0.15) is 12.2 Å². The fraction of sp³-hybridized carbons (Fsp3) is 0.300. The van der Waals surface area contributed by atoms with E-state index in [9.17, 15) is 14.0 Å². The molecule has 0 spiro atoms. The quantitative estimate of drug-likeness (QED) is 0.794. The van der Waals surface area contributed by atoms with Gasteiger partial charge in [-0.2, -0.15) is 0 Å². The van der Waals surface area contributed by atoms with Gasteiger partial charge in [-0.1, -0.05) is 6.07 Å². The van der Waals surface area contributed by atoms with Gasteiger partial charge in [-0.3, -0.25) is 9.59 Å². The molecule has 1 aliphatic rings. The summed E-state index contributed by atoms with van der Waals surface area (Å²) in [7, 11) is 2.11. The van der Waals surface area contributed by atoms with Gasteiger partial charge in [0.05, 0.1) is 0 Å². The van der Waals surface area contributed by atoms with E-state index in [0.717, 1.165) is 31.9 Å². The summed E-state index contributed by atoms with van der Waals surface area (Å²) < 4.78 is 13.1. The molecule has 2 aromatic rings. The van der Waals surface area contributed by atoms with Crippen molar-refractivity contribution in [1.29, 1.82) is 0 Å². The fourth-order valence-electron chi connectivity index (χ4n) is 2.94. The third-order valence-corrected chi connectivity index (χ3v) is 4.45. The van der Waals surface area contributed by atoms with Crippen LogP contribution < -0.4 is 15.5 Å². The second-order valence-corrected chi connectivity index (χ2v) is 6.62. The maximum atomic E-state index is 13.1. The van der Waals surface area contributed by atoms with Crippen molar-refractivity contribution in [3.05, 3.63) is 54.3 Å². The Kier molecular flexibility index (Phi) is 6.03. The summed E-state index contributed by atoms with van der Waals surface area (Å²) in [5.41, 5.74) is 2.07. The number of benzene rings is 2. The van der Waals surface area contributed by atoms with E-state index in [-0.39, 0.29) is 6.42 Å². The zero-order valence-electron chi connectivity index (χ0n) is 15.2. The monoisotopic (exact) mass is 370 g/mol. The highest BCUT2D eigenvalue weighted by Crippen LogP contribution is 2.19. The van der Waals surface area contributed by atoms with E-state index in [4.69, 9.17) is 0 Å². The minimum Gasteiger partial charge on any atom is -0.369 e. The Labute approximate surface area is 158 Å². The van der Waals surface area contributed by atoms with Crippen LogP contribution in [0.15, 0.2) is 48.5 Å². The average molecular weight is 370 g/mol. The summed E-state index contributed by atoms with van der Waals surface area (Å²) in [5, 5.41) is 5.21. The zero-order valence-corrected chi connectivity index (χ0v) is 15.2. The molecule has 142 valence electrons. The number of nitrogens with zero attached hydrogens (tertiary/aromatic N) is 2. The number of hydrogen-bond acceptors (Lipinski definition) is 4. The maximum Gasteiger partial charge on any atom is 0.233 e. The van der Waals surface area contributed by atoms with Crippen LogP contribution in [0, 0.1) is 5.82 Å². The molecular formula is C20H23FN4O2. The van der Waals surface area contributed by atoms with Gasteiger partial charge in [0.2, 0.25) is 11.8 Å². The van der Waals surface area contributed by atoms with Crippen LogP contribution in [-0.4, -0.2) is 49.9 Å². The first-order chi connectivity index (χ1) is 13.0. The predicted octanol–water partition coefficient (Wildman–Crippen LogP) is 2.54. The lowest BCUT2D eigenvalue weighted by Gasteiger charge is -2.34. The van der Waals surface area contributed by atoms with Crippen molar-refractivity contribution >= 4 is 28.9 Å². The summed E-state index contributed by atoms with van der Waals surface area (Å²) in [5.74, 6) is -1.36. The highest BCUT2D eigenvalue weighted by molar-refractivity contribution is 6.08. The van der Waals surface area contributed by atoms with Crippen molar-refractivity contribution in [2.45, 2.75) is 6.42 Å². The van der Waals surface area contributed by atoms with Crippen molar-refractivity contribution in [3.63, 3.8) is 0 Å². The number of halogens is 1. The van der Waals surface area contributed by atoms with Gasteiger partial charge in [-0.15, -0.1) is 0 Å². The Morgan fingerprint density at radius 2 is 1.56 bits per heavy atom. The predicted molar refractivity (Wildman–Crippen MR) is 104 cm³/mol. The van der Waals surface area contributed by atoms with Crippen LogP contribution in [0.2, 0.25) is 0 Å². The Balaban J connectivity index is 1.49. The number of nitrogens with one attached hydrogen (secondary N) is 2. The van der Waals surface area contributed by atoms with Gasteiger partial charge < -0.3 is 20.4 Å². The first-order valence-electron chi connectivity index (χ1n) is 8.88. The van der Waals surface area contributed by atoms with Crippen LogP contribution in [0.3, 0.4) is 0 Å². The van der Waals surface area contributed by atoms with Gasteiger partial charge in [0.25, 0.3) is 0 Å². The number of piperazine rings is 1. The van der Waals surface area contributed by atoms with E-state index >= 15 is 0 Å². The first kappa shape index (κ1) is 18.8. The lowest BCUT2D eigenvalue weighted by Crippen LogP contribution is -2.44. The molecule has 2 N–H and O–H groups in total. The lowest BCUT2D eigenvalue weighted by atomic mass is 10.2. The Morgan fingerprint density at radius 3 is 2.19 bits per heavy atom. The molecular weight excluding hydrogens is 347 g/mol. The molecule has 0 unspecified atom stereocenters. The smallest absolute Gasteiger partial charge is 0.233 e. The third-order valence-electron chi connectivity index (χ3n) is 4.45. The highest BCUT2D eigenvalue weighted by Gasteiger charge is 2.14. The minimum absolute atomic E-state index is 0.323. The van der Waals surface area contributed by atoms with E-state index in [1.54, 1.807) is 6.07 Å². The van der Waals surface area contributed by atoms with Crippen LogP contribution in [0.25, 0.3) is 0 Å². The first-order valence-corrected chi connectivity index (χ1v) is 8.88. The average Bonchev–Trinajstić information content (AvgIpc) is 2.63. The molecule has 3 rings (SSSR count). The normalized spacial score (nSPS) is 14.7. The summed E-state index contributed by atoms with van der Waals surface area (Å²) in [4.78, 5) is 28.5. The van der Waals surface area contributed by atoms with Crippen LogP contribution in [0.5, 0.6) is 0 Å². The molecule has 0 atom stereocenters. The minimum atomic E-state index is -0.493. The van der Waals surface area contributed by atoms with Crippen molar-refractivity contribution in [1.82, 2.24) is 4.90 Å². The van der Waals surface area contributed by atoms with Crippen LogP contribution in [0.4, 0.5) is 21.5 Å². The van der Waals surface area contributed by atoms with Crippen LogP contribution in [-0.2, 0) is 9.59 Å². The molecule has 1 fully saturated rings. The van der Waals surface area contributed by atoms with Gasteiger partial charge >= 0.3 is 0 Å². The van der Waals surface area contributed by atoms with Gasteiger partial charge in [0.15, 0.2) is 0 Å². The highest BCUT2D eigenvalue weighted by atomic mass is 19.1. The lowest BCUT2D eigenvalue weighted by molar-refractivity contribution is -0.123. The zero-order chi connectivity index (χ0) is 19.2. The van der Waals surface area contributed by atoms with Gasteiger partial charge in [0, 0.05) is 43.2 Å². The summed E-state index contributed by atoms with van der Waals surface area (Å²) >= 11 is 0. The molecule has 1 heterocycles. The number of carbonyl (C=O) groups excluding carboxylic acids is 2. The molecule has 0 aliphatic carbocycles. The van der Waals surface area contributed by atoms with Gasteiger partial charge in [-0.25, -0.2) is 4.39 Å². The SMILES string of the molecule is CN1CCN(c2ccc(NC(=O)CC(=O)Nc3cccc(F)c3)cc2)CC1. The molecule has 0 radical (unpaired) electrons. The van der Waals surface area contributed by atoms with Crippen molar-refractivity contribution < 1.29 is 14.0 Å². The second-order valence-electron chi connectivity index (χ2n) is 6.62. The molecule has 1 saturated heterocycles. The van der Waals surface area contributed by atoms with E-state index in [2.05, 4.69) is 27.5 Å². The second kappa shape index (κ2) is 8.64. The fourth-order valence-corrected chi connectivity index (χ4v) is 2.94. The number of anilines is 3. The number of rotatable bonds is 5. The molecule has 1 aliphatic heterocycles. The summed E-state index contributed by atoms with van der Waals surface area (Å²) in [6.07, 6.45) is -0.337. The van der Waals surface area contributed by atoms with Gasteiger partial charge in [-0.05, 0) is 49.5 Å². The summed E-state index contributed by atoms with van der Waals surface area (Å²) in [6.45, 7) is 4.00. The summed E-state index contributed by atoms with van der Waals surface area (Å²) in [6, 6.07) is 13.1. The molecule has 27 heavy (non-hydrogen) atoms. The van der Waals surface area contributed by atoms with E-state index < -0.39 is 17.6 Å². The van der Waals surface area contributed by atoms with Crippen LogP contribution >= 0.6 is 0 Å². The number of amides is 2. The third kappa shape index (κ3) is 5.52. The van der Waals surface area contributed by atoms with Crippen molar-refractivity contribution in [3.8, 4) is 0 Å². The standard InChI is InChI=1S/C20H23FN4O2/c1-24-9-11-25(12-10-24)18-7-5-16(6-8-18)22-19(26)14-20(27)23-17-4-2-3-15(21)13-17/h2-8,13H,9-12,14H2,1H3,(H,22,26)(H,23,27).